The first kappa shape index (κ1) is 19.6. The number of fused-ring (bicyclic) bond motifs is 1. The molecule has 1 N–H and O–H groups in total. The number of amides is 1. The van der Waals surface area contributed by atoms with Crippen molar-refractivity contribution in [1.82, 2.24) is 19.2 Å². The van der Waals surface area contributed by atoms with Crippen LogP contribution in [0.3, 0.4) is 0 Å². The summed E-state index contributed by atoms with van der Waals surface area (Å²) in [5, 5.41) is 7.29. The second-order valence-corrected chi connectivity index (χ2v) is 7.54. The molecule has 0 atom stereocenters. The zero-order valence-electron chi connectivity index (χ0n) is 17.4. The largest absolute Gasteiger partial charge is 0.352 e. The Bertz CT molecular complexity index is 1300. The predicted octanol–water partition coefficient (Wildman–Crippen LogP) is 3.43. The summed E-state index contributed by atoms with van der Waals surface area (Å²) in [5.74, 6) is 0.203. The van der Waals surface area contributed by atoms with Crippen molar-refractivity contribution >= 4 is 17.2 Å². The minimum Gasteiger partial charge on any atom is -0.324 e. The molecule has 0 aliphatic carbocycles. The lowest BCUT2D eigenvalue weighted by atomic mass is 10.1. The molecule has 0 radical (unpaired) electrons. The second-order valence-electron chi connectivity index (χ2n) is 7.54. The number of anilines is 1. The smallest absolute Gasteiger partial charge is 0.324 e. The van der Waals surface area contributed by atoms with E-state index in [9.17, 15) is 9.59 Å². The molecule has 2 aromatic heterocycles. The molecule has 0 saturated carbocycles. The van der Waals surface area contributed by atoms with E-state index in [4.69, 9.17) is 0 Å². The Labute approximate surface area is 174 Å². The van der Waals surface area contributed by atoms with Gasteiger partial charge in [-0.15, -0.1) is 5.10 Å². The maximum absolute atomic E-state index is 13.0. The first-order chi connectivity index (χ1) is 14.3. The maximum Gasteiger partial charge on any atom is 0.352 e. The fraction of sp³-hybridized carbons (Fsp3) is 0.217. The van der Waals surface area contributed by atoms with Gasteiger partial charge in [-0.2, -0.15) is 0 Å². The lowest BCUT2D eigenvalue weighted by Gasteiger charge is -2.12. The molecule has 2 heterocycles. The minimum absolute atomic E-state index is 0.180. The normalized spacial score (nSPS) is 11.1. The van der Waals surface area contributed by atoms with Crippen LogP contribution in [-0.2, 0) is 11.3 Å². The molecule has 4 rings (SSSR count). The Balaban J connectivity index is 1.70. The van der Waals surface area contributed by atoms with Gasteiger partial charge in [0.05, 0.1) is 0 Å². The summed E-state index contributed by atoms with van der Waals surface area (Å²) in [4.78, 5) is 30.3. The average molecular weight is 401 g/mol. The van der Waals surface area contributed by atoms with Gasteiger partial charge < -0.3 is 5.32 Å². The van der Waals surface area contributed by atoms with Crippen molar-refractivity contribution in [3.05, 3.63) is 81.4 Å². The summed E-state index contributed by atoms with van der Waals surface area (Å²) >= 11 is 0. The third-order valence-electron chi connectivity index (χ3n) is 4.96. The summed E-state index contributed by atoms with van der Waals surface area (Å²) in [6, 6.07) is 15.2. The topological polar surface area (TPSA) is 81.3 Å². The Morgan fingerprint density at radius 3 is 2.33 bits per heavy atom. The third kappa shape index (κ3) is 3.61. The Morgan fingerprint density at radius 2 is 1.67 bits per heavy atom. The first-order valence-electron chi connectivity index (χ1n) is 9.74. The van der Waals surface area contributed by atoms with E-state index in [2.05, 4.69) is 15.4 Å². The number of carbonyl (C=O) groups is 1. The van der Waals surface area contributed by atoms with Gasteiger partial charge in [0, 0.05) is 23.0 Å². The van der Waals surface area contributed by atoms with Crippen LogP contribution in [0.1, 0.15) is 22.4 Å². The van der Waals surface area contributed by atoms with Crippen LogP contribution in [-0.4, -0.2) is 25.1 Å². The van der Waals surface area contributed by atoms with E-state index in [-0.39, 0.29) is 12.5 Å². The van der Waals surface area contributed by atoms with E-state index < -0.39 is 5.69 Å². The van der Waals surface area contributed by atoms with Crippen molar-refractivity contribution in [2.75, 3.05) is 5.32 Å². The molecule has 0 unspecified atom stereocenters. The zero-order valence-corrected chi connectivity index (χ0v) is 17.4. The average Bonchev–Trinajstić information content (AvgIpc) is 2.99. The summed E-state index contributed by atoms with van der Waals surface area (Å²) in [6.45, 7) is 7.59. The monoisotopic (exact) mass is 401 g/mol. The molecule has 2 aromatic carbocycles. The van der Waals surface area contributed by atoms with Gasteiger partial charge in [0.1, 0.15) is 12.4 Å². The summed E-state index contributed by atoms with van der Waals surface area (Å²) in [5.41, 5.74) is 5.48. The van der Waals surface area contributed by atoms with Crippen molar-refractivity contribution in [3.63, 3.8) is 0 Å². The molecule has 0 saturated heterocycles. The number of benzene rings is 2. The molecule has 7 nitrogen and oxygen atoms in total. The van der Waals surface area contributed by atoms with Crippen LogP contribution in [0.15, 0.2) is 53.3 Å². The Hall–Kier alpha value is -3.74. The van der Waals surface area contributed by atoms with Crippen LogP contribution in [0.2, 0.25) is 0 Å². The minimum atomic E-state index is -0.399. The molecule has 0 fully saturated rings. The van der Waals surface area contributed by atoms with Crippen LogP contribution in [0.4, 0.5) is 5.69 Å². The summed E-state index contributed by atoms with van der Waals surface area (Å²) in [6.07, 6.45) is 0. The van der Waals surface area contributed by atoms with Gasteiger partial charge >= 0.3 is 5.69 Å². The fourth-order valence-electron chi connectivity index (χ4n) is 3.73. The number of nitrogens with zero attached hydrogens (tertiary/aromatic N) is 4. The van der Waals surface area contributed by atoms with E-state index in [1.807, 2.05) is 70.2 Å². The molecule has 0 bridgehead atoms. The van der Waals surface area contributed by atoms with E-state index in [0.717, 1.165) is 33.6 Å². The number of hydrogen-bond donors (Lipinski definition) is 1. The van der Waals surface area contributed by atoms with E-state index in [1.165, 1.54) is 9.08 Å². The van der Waals surface area contributed by atoms with Gasteiger partial charge in [0.25, 0.3) is 0 Å². The summed E-state index contributed by atoms with van der Waals surface area (Å²) in [7, 11) is 0. The van der Waals surface area contributed by atoms with Crippen LogP contribution in [0.5, 0.6) is 0 Å². The Kier molecular flexibility index (Phi) is 4.95. The van der Waals surface area contributed by atoms with E-state index >= 15 is 0 Å². The number of hydrogen-bond acceptors (Lipinski definition) is 4. The number of aryl methyl sites for hydroxylation is 4. The molecular weight excluding hydrogens is 378 g/mol. The highest BCUT2D eigenvalue weighted by molar-refractivity contribution is 5.92. The van der Waals surface area contributed by atoms with Gasteiger partial charge in [-0.3, -0.25) is 4.79 Å². The molecule has 0 spiro atoms. The highest BCUT2D eigenvalue weighted by Crippen LogP contribution is 2.22. The van der Waals surface area contributed by atoms with Crippen molar-refractivity contribution in [2.45, 2.75) is 34.2 Å². The van der Waals surface area contributed by atoms with Crippen LogP contribution >= 0.6 is 0 Å². The van der Waals surface area contributed by atoms with Crippen molar-refractivity contribution < 1.29 is 4.79 Å². The van der Waals surface area contributed by atoms with Gasteiger partial charge in [-0.25, -0.2) is 18.9 Å². The molecule has 7 heteroatoms. The fourth-order valence-corrected chi connectivity index (χ4v) is 3.73. The zero-order chi connectivity index (χ0) is 21.4. The number of aromatic nitrogens is 4. The van der Waals surface area contributed by atoms with Crippen molar-refractivity contribution in [3.8, 4) is 11.4 Å². The molecule has 0 aliphatic rings. The highest BCUT2D eigenvalue weighted by Gasteiger charge is 2.17. The lowest BCUT2D eigenvalue weighted by molar-refractivity contribution is -0.117. The van der Waals surface area contributed by atoms with Gasteiger partial charge in [-0.1, -0.05) is 48.0 Å². The lowest BCUT2D eigenvalue weighted by Crippen LogP contribution is -2.29. The second kappa shape index (κ2) is 7.59. The van der Waals surface area contributed by atoms with Gasteiger partial charge in [-0.05, 0) is 38.8 Å². The van der Waals surface area contributed by atoms with E-state index in [1.54, 1.807) is 6.07 Å². The molecular formula is C23H23N5O2. The first-order valence-corrected chi connectivity index (χ1v) is 9.74. The van der Waals surface area contributed by atoms with E-state index in [0.29, 0.717) is 11.5 Å². The quantitative estimate of drug-likeness (QED) is 0.568. The summed E-state index contributed by atoms with van der Waals surface area (Å²) < 4.78 is 2.62. The molecule has 4 aromatic rings. The maximum atomic E-state index is 13.0. The third-order valence-corrected chi connectivity index (χ3v) is 4.96. The molecule has 0 aliphatic heterocycles. The number of rotatable bonds is 4. The molecule has 30 heavy (non-hydrogen) atoms. The SMILES string of the molecule is Cc1cc(C)c(NC(=O)Cn2nc3cc(C)nc(-c4ccccc4)n3c2=O)c(C)c1. The number of carbonyl (C=O) groups excluding carboxylic acids is 1. The number of nitrogens with one attached hydrogen (secondary N) is 1. The van der Waals surface area contributed by atoms with Crippen LogP contribution in [0, 0.1) is 27.7 Å². The Morgan fingerprint density at radius 1 is 1.00 bits per heavy atom. The van der Waals surface area contributed by atoms with Gasteiger partial charge in [0.2, 0.25) is 5.91 Å². The van der Waals surface area contributed by atoms with Crippen LogP contribution in [0.25, 0.3) is 17.0 Å². The van der Waals surface area contributed by atoms with Crippen molar-refractivity contribution in [2.24, 2.45) is 0 Å². The molecule has 152 valence electrons. The molecule has 1 amide bonds. The van der Waals surface area contributed by atoms with Crippen molar-refractivity contribution in [1.29, 1.82) is 0 Å². The van der Waals surface area contributed by atoms with Crippen LogP contribution < -0.4 is 11.0 Å². The predicted molar refractivity (Wildman–Crippen MR) is 117 cm³/mol. The van der Waals surface area contributed by atoms with Gasteiger partial charge in [0.15, 0.2) is 5.65 Å². The standard InChI is InChI=1S/C23H23N5O2/c1-14-10-15(2)21(16(3)11-14)25-20(29)13-27-23(30)28-19(26-27)12-17(4)24-22(28)18-8-6-5-7-9-18/h5-12H,13H2,1-4H3,(H,25,29). The highest BCUT2D eigenvalue weighted by atomic mass is 16.2.